The van der Waals surface area contributed by atoms with E-state index in [2.05, 4.69) is 75.4 Å². The molecule has 116 valence electrons. The summed E-state index contributed by atoms with van der Waals surface area (Å²) in [6.45, 7) is 6.48. The summed E-state index contributed by atoms with van der Waals surface area (Å²) in [6.07, 6.45) is 0.867. The molecule has 0 aliphatic heterocycles. The zero-order valence-corrected chi connectivity index (χ0v) is 14.6. The van der Waals surface area contributed by atoms with Crippen LogP contribution in [0.3, 0.4) is 0 Å². The van der Waals surface area contributed by atoms with E-state index in [-0.39, 0.29) is 0 Å². The van der Waals surface area contributed by atoms with Gasteiger partial charge in [-0.1, -0.05) is 71.8 Å². The molecule has 0 atom stereocenters. The van der Waals surface area contributed by atoms with Gasteiger partial charge in [0, 0.05) is 5.02 Å². The highest BCUT2D eigenvalue weighted by Crippen LogP contribution is 2.31. The van der Waals surface area contributed by atoms with Crippen LogP contribution in [0.5, 0.6) is 0 Å². The number of benzene rings is 3. The smallest absolute Gasteiger partial charge is 0.0447 e. The molecule has 3 aromatic rings. The van der Waals surface area contributed by atoms with Crippen molar-refractivity contribution in [3.63, 3.8) is 0 Å². The molecular formula is C22H21Cl. The minimum absolute atomic E-state index is 0.838. The van der Waals surface area contributed by atoms with Crippen molar-refractivity contribution in [1.29, 1.82) is 0 Å². The summed E-state index contributed by atoms with van der Waals surface area (Å²) in [4.78, 5) is 0. The maximum atomic E-state index is 6.56. The summed E-state index contributed by atoms with van der Waals surface area (Å²) in [7, 11) is 0. The van der Waals surface area contributed by atoms with Crippen LogP contribution in [0.4, 0.5) is 0 Å². The molecule has 0 bridgehead atoms. The van der Waals surface area contributed by atoms with Gasteiger partial charge in [-0.2, -0.15) is 0 Å². The van der Waals surface area contributed by atoms with Crippen LogP contribution in [-0.2, 0) is 6.42 Å². The number of aryl methyl sites for hydroxylation is 2. The standard InChI is InChI=1S/C22H21Cl/c1-15-11-16(2)17(3)21(12-15)19-9-10-20(22(23)14-19)13-18-7-5-4-6-8-18/h4-12,14H,13H2,1-3H3. The first-order valence-corrected chi connectivity index (χ1v) is 8.33. The third-order valence-electron chi connectivity index (χ3n) is 4.41. The molecule has 0 spiro atoms. The second kappa shape index (κ2) is 6.60. The largest absolute Gasteiger partial charge is 0.0840 e. The zero-order chi connectivity index (χ0) is 16.4. The number of halogens is 1. The van der Waals surface area contributed by atoms with Crippen LogP contribution >= 0.6 is 11.6 Å². The van der Waals surface area contributed by atoms with E-state index in [1.54, 1.807) is 0 Å². The molecule has 0 radical (unpaired) electrons. The molecule has 0 saturated carbocycles. The highest BCUT2D eigenvalue weighted by atomic mass is 35.5. The highest BCUT2D eigenvalue weighted by Gasteiger charge is 2.09. The van der Waals surface area contributed by atoms with Crippen LogP contribution < -0.4 is 0 Å². The number of rotatable bonds is 3. The first-order chi connectivity index (χ1) is 11.0. The Balaban J connectivity index is 1.97. The molecule has 0 aliphatic carbocycles. The molecule has 0 fully saturated rings. The van der Waals surface area contributed by atoms with Gasteiger partial charge in [0.25, 0.3) is 0 Å². The minimum atomic E-state index is 0.838. The lowest BCUT2D eigenvalue weighted by molar-refractivity contribution is 1.19. The first-order valence-electron chi connectivity index (χ1n) is 7.95. The summed E-state index contributed by atoms with van der Waals surface area (Å²) in [5.74, 6) is 0. The molecule has 0 N–H and O–H groups in total. The molecule has 3 rings (SSSR count). The Hall–Kier alpha value is -2.05. The van der Waals surface area contributed by atoms with Gasteiger partial charge in [0.05, 0.1) is 0 Å². The van der Waals surface area contributed by atoms with E-state index in [0.717, 1.165) is 11.4 Å². The average molecular weight is 321 g/mol. The predicted octanol–water partition coefficient (Wildman–Crippen LogP) is 6.52. The fraction of sp³-hybridized carbons (Fsp3) is 0.182. The van der Waals surface area contributed by atoms with Gasteiger partial charge in [-0.05, 0) is 66.6 Å². The maximum absolute atomic E-state index is 6.56. The quantitative estimate of drug-likeness (QED) is 0.515. The van der Waals surface area contributed by atoms with Gasteiger partial charge in [-0.25, -0.2) is 0 Å². The Morgan fingerprint density at radius 3 is 2.26 bits per heavy atom. The third-order valence-corrected chi connectivity index (χ3v) is 4.77. The average Bonchev–Trinajstić information content (AvgIpc) is 2.54. The molecule has 3 aromatic carbocycles. The van der Waals surface area contributed by atoms with E-state index < -0.39 is 0 Å². The maximum Gasteiger partial charge on any atom is 0.0447 e. The van der Waals surface area contributed by atoms with Gasteiger partial charge >= 0.3 is 0 Å². The summed E-state index contributed by atoms with van der Waals surface area (Å²) >= 11 is 6.56. The Morgan fingerprint density at radius 2 is 1.57 bits per heavy atom. The van der Waals surface area contributed by atoms with Gasteiger partial charge < -0.3 is 0 Å². The second-order valence-corrected chi connectivity index (χ2v) is 6.63. The molecule has 0 aliphatic rings. The molecule has 1 heteroatoms. The molecule has 0 nitrogen and oxygen atoms in total. The van der Waals surface area contributed by atoms with E-state index in [4.69, 9.17) is 11.6 Å². The fourth-order valence-electron chi connectivity index (χ4n) is 3.01. The van der Waals surface area contributed by atoms with Crippen molar-refractivity contribution < 1.29 is 0 Å². The van der Waals surface area contributed by atoms with E-state index in [9.17, 15) is 0 Å². The summed E-state index contributed by atoms with van der Waals surface area (Å²) in [5.41, 5.74) is 8.85. The van der Waals surface area contributed by atoms with Gasteiger partial charge in [0.1, 0.15) is 0 Å². The Bertz CT molecular complexity index is 832. The van der Waals surface area contributed by atoms with E-state index >= 15 is 0 Å². The normalized spacial score (nSPS) is 10.8. The second-order valence-electron chi connectivity index (χ2n) is 6.22. The van der Waals surface area contributed by atoms with Crippen LogP contribution in [0, 0.1) is 20.8 Å². The van der Waals surface area contributed by atoms with Crippen molar-refractivity contribution >= 4 is 11.6 Å². The summed E-state index contributed by atoms with van der Waals surface area (Å²) < 4.78 is 0. The van der Waals surface area contributed by atoms with Crippen molar-refractivity contribution in [3.05, 3.63) is 93.5 Å². The molecule has 0 amide bonds. The van der Waals surface area contributed by atoms with Crippen LogP contribution in [0.1, 0.15) is 27.8 Å². The number of hydrogen-bond acceptors (Lipinski definition) is 0. The SMILES string of the molecule is Cc1cc(C)c(C)c(-c2ccc(Cc3ccccc3)c(Cl)c2)c1. The van der Waals surface area contributed by atoms with E-state index in [1.165, 1.54) is 38.9 Å². The van der Waals surface area contributed by atoms with Crippen molar-refractivity contribution in [2.45, 2.75) is 27.2 Å². The molecule has 0 unspecified atom stereocenters. The molecule has 0 aromatic heterocycles. The van der Waals surface area contributed by atoms with Crippen LogP contribution in [0.25, 0.3) is 11.1 Å². The number of hydrogen-bond donors (Lipinski definition) is 0. The zero-order valence-electron chi connectivity index (χ0n) is 13.9. The Labute approximate surface area is 143 Å². The molecule has 23 heavy (non-hydrogen) atoms. The Morgan fingerprint density at radius 1 is 0.826 bits per heavy atom. The lowest BCUT2D eigenvalue weighted by atomic mass is 9.93. The highest BCUT2D eigenvalue weighted by molar-refractivity contribution is 6.31. The van der Waals surface area contributed by atoms with Crippen molar-refractivity contribution in [1.82, 2.24) is 0 Å². The molecule has 0 heterocycles. The van der Waals surface area contributed by atoms with Crippen molar-refractivity contribution in [3.8, 4) is 11.1 Å². The summed E-state index contributed by atoms with van der Waals surface area (Å²) in [6, 6.07) is 21.4. The fourth-order valence-corrected chi connectivity index (χ4v) is 3.26. The lowest BCUT2D eigenvalue weighted by Gasteiger charge is -2.13. The van der Waals surface area contributed by atoms with Gasteiger partial charge in [-0.15, -0.1) is 0 Å². The van der Waals surface area contributed by atoms with Crippen LogP contribution in [0.15, 0.2) is 60.7 Å². The van der Waals surface area contributed by atoms with Gasteiger partial charge in [0.2, 0.25) is 0 Å². The third kappa shape index (κ3) is 3.48. The minimum Gasteiger partial charge on any atom is -0.0840 e. The summed E-state index contributed by atoms with van der Waals surface area (Å²) in [5, 5.41) is 0.838. The van der Waals surface area contributed by atoms with E-state index in [0.29, 0.717) is 0 Å². The topological polar surface area (TPSA) is 0 Å². The van der Waals surface area contributed by atoms with E-state index in [1.807, 2.05) is 6.07 Å². The molecule has 0 saturated heterocycles. The van der Waals surface area contributed by atoms with Crippen molar-refractivity contribution in [2.75, 3.05) is 0 Å². The first kappa shape index (κ1) is 15.8. The lowest BCUT2D eigenvalue weighted by Crippen LogP contribution is -1.92. The van der Waals surface area contributed by atoms with Gasteiger partial charge in [0.15, 0.2) is 0 Å². The van der Waals surface area contributed by atoms with Crippen molar-refractivity contribution in [2.24, 2.45) is 0 Å². The molecular weight excluding hydrogens is 300 g/mol. The van der Waals surface area contributed by atoms with Crippen LogP contribution in [0.2, 0.25) is 5.02 Å². The monoisotopic (exact) mass is 320 g/mol. The predicted molar refractivity (Wildman–Crippen MR) is 100 cm³/mol. The van der Waals surface area contributed by atoms with Gasteiger partial charge in [-0.3, -0.25) is 0 Å². The van der Waals surface area contributed by atoms with Crippen LogP contribution in [-0.4, -0.2) is 0 Å². The Kier molecular flexibility index (Phi) is 4.54.